The smallest absolute Gasteiger partial charge is 0.122 e. The van der Waals surface area contributed by atoms with Crippen molar-refractivity contribution >= 4 is 0 Å². The zero-order valence-corrected chi connectivity index (χ0v) is 11.1. The Labute approximate surface area is 104 Å². The van der Waals surface area contributed by atoms with Crippen molar-refractivity contribution in [2.24, 2.45) is 11.7 Å². The number of hydrogen-bond acceptors (Lipinski definition) is 2. The fourth-order valence-electron chi connectivity index (χ4n) is 2.65. The van der Waals surface area contributed by atoms with E-state index in [0.29, 0.717) is 12.0 Å². The van der Waals surface area contributed by atoms with E-state index in [1.807, 2.05) is 0 Å². The van der Waals surface area contributed by atoms with Gasteiger partial charge >= 0.3 is 0 Å². The molecular formula is C15H23NO. The van der Waals surface area contributed by atoms with Crippen LogP contribution in [0.5, 0.6) is 5.75 Å². The number of ether oxygens (including phenoxy) is 1. The predicted molar refractivity (Wildman–Crippen MR) is 71.5 cm³/mol. The first-order valence-corrected chi connectivity index (χ1v) is 6.52. The molecule has 0 aliphatic heterocycles. The van der Waals surface area contributed by atoms with Crippen molar-refractivity contribution in [1.82, 2.24) is 0 Å². The van der Waals surface area contributed by atoms with Gasteiger partial charge in [-0.3, -0.25) is 0 Å². The fraction of sp³-hybridized carbons (Fsp3) is 0.600. The highest BCUT2D eigenvalue weighted by atomic mass is 16.5. The number of rotatable bonds is 4. The first-order chi connectivity index (χ1) is 8.10. The third kappa shape index (κ3) is 2.81. The molecule has 0 spiro atoms. The third-order valence-corrected chi connectivity index (χ3v) is 3.71. The van der Waals surface area contributed by atoms with Crippen LogP contribution in [0, 0.1) is 5.92 Å². The molecule has 0 bridgehead atoms. The molecular weight excluding hydrogens is 210 g/mol. The molecule has 17 heavy (non-hydrogen) atoms. The van der Waals surface area contributed by atoms with E-state index in [1.54, 1.807) is 7.11 Å². The maximum absolute atomic E-state index is 5.83. The molecule has 1 saturated carbocycles. The second-order valence-electron chi connectivity index (χ2n) is 5.53. The Balaban J connectivity index is 2.10. The van der Waals surface area contributed by atoms with Gasteiger partial charge in [0.25, 0.3) is 0 Å². The summed E-state index contributed by atoms with van der Waals surface area (Å²) in [4.78, 5) is 0. The van der Waals surface area contributed by atoms with Gasteiger partial charge in [0.2, 0.25) is 0 Å². The zero-order valence-electron chi connectivity index (χ0n) is 11.1. The van der Waals surface area contributed by atoms with E-state index in [4.69, 9.17) is 10.5 Å². The predicted octanol–water partition coefficient (Wildman–Crippen LogP) is 3.10. The first-order valence-electron chi connectivity index (χ1n) is 6.52. The van der Waals surface area contributed by atoms with Crippen LogP contribution < -0.4 is 10.5 Å². The topological polar surface area (TPSA) is 35.2 Å². The summed E-state index contributed by atoms with van der Waals surface area (Å²) in [7, 11) is 1.74. The Morgan fingerprint density at radius 1 is 1.35 bits per heavy atom. The number of benzene rings is 1. The second-order valence-corrected chi connectivity index (χ2v) is 5.53. The molecule has 0 amide bonds. The molecule has 0 radical (unpaired) electrons. The van der Waals surface area contributed by atoms with Gasteiger partial charge in [-0.2, -0.15) is 0 Å². The van der Waals surface area contributed by atoms with Crippen molar-refractivity contribution in [3.63, 3.8) is 0 Å². The summed E-state index contributed by atoms with van der Waals surface area (Å²) in [5.74, 6) is 2.31. The lowest BCUT2D eigenvalue weighted by molar-refractivity contribution is 0.264. The summed E-state index contributed by atoms with van der Waals surface area (Å²) >= 11 is 0. The van der Waals surface area contributed by atoms with Crippen LogP contribution in [0.2, 0.25) is 0 Å². The Kier molecular flexibility index (Phi) is 3.72. The molecule has 2 rings (SSSR count). The summed E-state index contributed by atoms with van der Waals surface area (Å²) in [6.45, 7) is 4.42. The normalized spacial score (nSPS) is 23.6. The van der Waals surface area contributed by atoms with E-state index in [0.717, 1.165) is 18.1 Å². The largest absolute Gasteiger partial charge is 0.496 e. The van der Waals surface area contributed by atoms with Gasteiger partial charge in [0, 0.05) is 6.04 Å². The minimum Gasteiger partial charge on any atom is -0.496 e. The maximum Gasteiger partial charge on any atom is 0.122 e. The minimum absolute atomic E-state index is 0.447. The average Bonchev–Trinajstić information content (AvgIpc) is 2.27. The minimum atomic E-state index is 0.447. The Morgan fingerprint density at radius 2 is 2.06 bits per heavy atom. The molecule has 1 aromatic rings. The van der Waals surface area contributed by atoms with E-state index >= 15 is 0 Å². The highest BCUT2D eigenvalue weighted by molar-refractivity contribution is 5.39. The van der Waals surface area contributed by atoms with Crippen molar-refractivity contribution in [3.05, 3.63) is 29.3 Å². The van der Waals surface area contributed by atoms with E-state index in [-0.39, 0.29) is 0 Å². The fourth-order valence-corrected chi connectivity index (χ4v) is 2.65. The summed E-state index contributed by atoms with van der Waals surface area (Å²) in [6, 6.07) is 7.04. The quantitative estimate of drug-likeness (QED) is 0.867. The van der Waals surface area contributed by atoms with E-state index in [2.05, 4.69) is 32.0 Å². The van der Waals surface area contributed by atoms with E-state index in [9.17, 15) is 0 Å². The molecule has 0 aromatic heterocycles. The lowest BCUT2D eigenvalue weighted by Gasteiger charge is -2.32. The van der Waals surface area contributed by atoms with Crippen LogP contribution in [0.1, 0.15) is 43.7 Å². The number of nitrogens with two attached hydrogens (primary N) is 1. The van der Waals surface area contributed by atoms with Crippen molar-refractivity contribution in [1.29, 1.82) is 0 Å². The Hall–Kier alpha value is -1.02. The molecule has 0 saturated heterocycles. The van der Waals surface area contributed by atoms with Crippen LogP contribution in [-0.2, 0) is 6.42 Å². The van der Waals surface area contributed by atoms with Gasteiger partial charge < -0.3 is 10.5 Å². The number of methoxy groups -OCH3 is 1. The second kappa shape index (κ2) is 5.09. The van der Waals surface area contributed by atoms with Crippen LogP contribution >= 0.6 is 0 Å². The third-order valence-electron chi connectivity index (χ3n) is 3.71. The van der Waals surface area contributed by atoms with Gasteiger partial charge in [0.1, 0.15) is 5.75 Å². The van der Waals surface area contributed by atoms with Crippen molar-refractivity contribution < 1.29 is 4.74 Å². The highest BCUT2D eigenvalue weighted by Gasteiger charge is 2.25. The standard InChI is InChI=1S/C15H23NO/c1-10(2)14-9-11(4-5-15(14)17-3)6-12-7-13(16)8-12/h4-5,9-10,12-13H,6-8,16H2,1-3H3. The van der Waals surface area contributed by atoms with Crippen molar-refractivity contribution in [3.8, 4) is 5.75 Å². The summed E-state index contributed by atoms with van der Waals surface area (Å²) < 4.78 is 5.40. The van der Waals surface area contributed by atoms with Crippen LogP contribution in [0.4, 0.5) is 0 Å². The lowest BCUT2D eigenvalue weighted by Crippen LogP contribution is -2.37. The Bertz CT molecular complexity index is 381. The van der Waals surface area contributed by atoms with Crippen molar-refractivity contribution in [2.75, 3.05) is 7.11 Å². The maximum atomic E-state index is 5.83. The molecule has 0 heterocycles. The monoisotopic (exact) mass is 233 g/mol. The molecule has 94 valence electrons. The van der Waals surface area contributed by atoms with Crippen LogP contribution in [0.25, 0.3) is 0 Å². The van der Waals surface area contributed by atoms with E-state index < -0.39 is 0 Å². The van der Waals surface area contributed by atoms with Gasteiger partial charge in [0.15, 0.2) is 0 Å². The van der Waals surface area contributed by atoms with Gasteiger partial charge in [-0.05, 0) is 48.3 Å². The molecule has 0 unspecified atom stereocenters. The lowest BCUT2D eigenvalue weighted by atomic mass is 9.77. The average molecular weight is 233 g/mol. The SMILES string of the molecule is COc1ccc(CC2CC(N)C2)cc1C(C)C. The first kappa shape index (κ1) is 12.4. The van der Waals surface area contributed by atoms with Crippen LogP contribution in [0.15, 0.2) is 18.2 Å². The molecule has 1 aromatic carbocycles. The van der Waals surface area contributed by atoms with Crippen LogP contribution in [0.3, 0.4) is 0 Å². The molecule has 2 nitrogen and oxygen atoms in total. The van der Waals surface area contributed by atoms with Crippen LogP contribution in [-0.4, -0.2) is 13.2 Å². The Morgan fingerprint density at radius 3 is 2.59 bits per heavy atom. The zero-order chi connectivity index (χ0) is 12.4. The molecule has 2 heteroatoms. The summed E-state index contributed by atoms with van der Waals surface area (Å²) in [5.41, 5.74) is 8.56. The van der Waals surface area contributed by atoms with Gasteiger partial charge in [-0.25, -0.2) is 0 Å². The van der Waals surface area contributed by atoms with Gasteiger partial charge in [0.05, 0.1) is 7.11 Å². The molecule has 1 aliphatic carbocycles. The molecule has 0 atom stereocenters. The molecule has 1 fully saturated rings. The van der Waals surface area contributed by atoms with Gasteiger partial charge in [-0.15, -0.1) is 0 Å². The molecule has 1 aliphatic rings. The summed E-state index contributed by atoms with van der Waals surface area (Å²) in [6.07, 6.45) is 3.53. The van der Waals surface area contributed by atoms with E-state index in [1.165, 1.54) is 24.0 Å². The number of hydrogen-bond donors (Lipinski definition) is 1. The van der Waals surface area contributed by atoms with Crippen molar-refractivity contribution in [2.45, 2.75) is 45.1 Å². The molecule has 2 N–H and O–H groups in total. The summed E-state index contributed by atoms with van der Waals surface area (Å²) in [5, 5.41) is 0. The van der Waals surface area contributed by atoms with Gasteiger partial charge in [-0.1, -0.05) is 26.0 Å². The highest BCUT2D eigenvalue weighted by Crippen LogP contribution is 2.32.